The second-order valence-electron chi connectivity index (χ2n) is 6.72. The van der Waals surface area contributed by atoms with Crippen molar-refractivity contribution in [2.24, 2.45) is 7.05 Å². The first-order valence-electron chi connectivity index (χ1n) is 8.70. The Morgan fingerprint density at radius 3 is 2.41 bits per heavy atom. The third-order valence-corrected chi connectivity index (χ3v) is 5.43. The van der Waals surface area contributed by atoms with Crippen LogP contribution in [0.2, 0.25) is 0 Å². The lowest BCUT2D eigenvalue weighted by Gasteiger charge is -2.09. The lowest BCUT2D eigenvalue weighted by molar-refractivity contribution is -0.142. The van der Waals surface area contributed by atoms with Crippen molar-refractivity contribution in [3.05, 3.63) is 62.6 Å². The summed E-state index contributed by atoms with van der Waals surface area (Å²) in [5.41, 5.74) is 2.57. The summed E-state index contributed by atoms with van der Waals surface area (Å²) < 4.78 is 41.4. The maximum absolute atomic E-state index is 13.1. The van der Waals surface area contributed by atoms with Gasteiger partial charge in [-0.1, -0.05) is 24.3 Å². The minimum atomic E-state index is -4.67. The summed E-state index contributed by atoms with van der Waals surface area (Å²) in [4.78, 5) is 12.7. The van der Waals surface area contributed by atoms with E-state index in [1.54, 1.807) is 18.5 Å². The molecule has 0 fully saturated rings. The third kappa shape index (κ3) is 4.07. The van der Waals surface area contributed by atoms with Gasteiger partial charge in [-0.05, 0) is 47.8 Å². The fraction of sp³-hybridized carbons (Fsp3) is 0.316. The molecule has 3 aromatic rings. The van der Waals surface area contributed by atoms with Crippen LogP contribution in [0.3, 0.4) is 0 Å². The molecular weight excluding hydrogens is 451 g/mol. The molecule has 0 saturated carbocycles. The van der Waals surface area contributed by atoms with E-state index in [1.807, 2.05) is 31.2 Å². The van der Waals surface area contributed by atoms with Gasteiger partial charge < -0.3 is 5.32 Å². The Morgan fingerprint density at radius 2 is 1.83 bits per heavy atom. The lowest BCUT2D eigenvalue weighted by Crippen LogP contribution is -2.17. The van der Waals surface area contributed by atoms with E-state index in [2.05, 4.69) is 31.4 Å². The highest BCUT2D eigenvalue weighted by atomic mass is 79.9. The van der Waals surface area contributed by atoms with Crippen molar-refractivity contribution in [3.8, 4) is 0 Å². The van der Waals surface area contributed by atoms with E-state index in [1.165, 1.54) is 7.05 Å². The van der Waals surface area contributed by atoms with Gasteiger partial charge in [-0.25, -0.2) is 0 Å². The number of nitrogens with one attached hydrogen (secondary N) is 1. The Kier molecular flexibility index (Phi) is 5.57. The maximum Gasteiger partial charge on any atom is 0.436 e. The molecule has 10 heteroatoms. The number of aromatic nitrogens is 4. The summed E-state index contributed by atoms with van der Waals surface area (Å²) in [6.45, 7) is 6.05. The first kappa shape index (κ1) is 21.1. The molecule has 2 heterocycles. The second kappa shape index (κ2) is 7.66. The first-order chi connectivity index (χ1) is 13.5. The summed E-state index contributed by atoms with van der Waals surface area (Å²) in [5.74, 6) is -0.705. The number of alkyl halides is 3. The van der Waals surface area contributed by atoms with Crippen LogP contribution in [0.5, 0.6) is 0 Å². The Hall–Kier alpha value is -2.62. The lowest BCUT2D eigenvalue weighted by atomic mass is 10.1. The summed E-state index contributed by atoms with van der Waals surface area (Å²) in [6, 6.07) is 7.89. The van der Waals surface area contributed by atoms with Gasteiger partial charge in [0.05, 0.1) is 28.1 Å². The highest BCUT2D eigenvalue weighted by molar-refractivity contribution is 9.10. The number of aryl methyl sites for hydroxylation is 3. The van der Waals surface area contributed by atoms with Gasteiger partial charge in [0, 0.05) is 7.05 Å². The maximum atomic E-state index is 13.1. The Balaban J connectivity index is 1.90. The molecule has 0 saturated heterocycles. The molecule has 0 aliphatic heterocycles. The SMILES string of the molecule is Cc1ccccc1Cn1nc(C)c(NC(=O)c2c(Br)c(C(F)(F)F)nn2C)c1C. The van der Waals surface area contributed by atoms with Crippen LogP contribution in [-0.2, 0) is 19.8 Å². The van der Waals surface area contributed by atoms with Crippen LogP contribution in [0, 0.1) is 20.8 Å². The van der Waals surface area contributed by atoms with E-state index in [9.17, 15) is 18.0 Å². The number of hydrogen-bond donors (Lipinski definition) is 1. The molecule has 3 rings (SSSR count). The van der Waals surface area contributed by atoms with E-state index >= 15 is 0 Å². The molecule has 2 aromatic heterocycles. The number of benzene rings is 1. The number of amides is 1. The molecule has 6 nitrogen and oxygen atoms in total. The van der Waals surface area contributed by atoms with Crippen molar-refractivity contribution in [2.45, 2.75) is 33.5 Å². The number of anilines is 1. The first-order valence-corrected chi connectivity index (χ1v) is 9.49. The van der Waals surface area contributed by atoms with Gasteiger partial charge >= 0.3 is 6.18 Å². The highest BCUT2D eigenvalue weighted by Crippen LogP contribution is 2.36. The Morgan fingerprint density at radius 1 is 1.17 bits per heavy atom. The van der Waals surface area contributed by atoms with Gasteiger partial charge in [0.2, 0.25) is 0 Å². The molecule has 0 spiro atoms. The molecule has 0 radical (unpaired) electrons. The summed E-state index contributed by atoms with van der Waals surface area (Å²) >= 11 is 2.86. The number of nitrogens with zero attached hydrogens (tertiary/aromatic N) is 4. The molecule has 0 aliphatic rings. The van der Waals surface area contributed by atoms with E-state index in [0.29, 0.717) is 23.6 Å². The van der Waals surface area contributed by atoms with Crippen LogP contribution < -0.4 is 5.32 Å². The summed E-state index contributed by atoms with van der Waals surface area (Å²) in [5, 5.41) is 10.6. The van der Waals surface area contributed by atoms with Crippen molar-refractivity contribution < 1.29 is 18.0 Å². The van der Waals surface area contributed by atoms with Gasteiger partial charge in [0.25, 0.3) is 5.91 Å². The molecule has 1 amide bonds. The summed E-state index contributed by atoms with van der Waals surface area (Å²) in [6.07, 6.45) is -4.67. The number of rotatable bonds is 4. The molecule has 0 bridgehead atoms. The zero-order valence-electron chi connectivity index (χ0n) is 16.2. The van der Waals surface area contributed by atoms with E-state index in [0.717, 1.165) is 15.8 Å². The van der Waals surface area contributed by atoms with Gasteiger partial charge in [-0.15, -0.1) is 0 Å². The number of halogens is 4. The van der Waals surface area contributed by atoms with Crippen molar-refractivity contribution >= 4 is 27.5 Å². The smallest absolute Gasteiger partial charge is 0.317 e. The van der Waals surface area contributed by atoms with Crippen molar-refractivity contribution in [3.63, 3.8) is 0 Å². The van der Waals surface area contributed by atoms with Crippen molar-refractivity contribution in [1.82, 2.24) is 19.6 Å². The zero-order valence-corrected chi connectivity index (χ0v) is 17.8. The van der Waals surface area contributed by atoms with E-state index < -0.39 is 22.3 Å². The minimum Gasteiger partial charge on any atom is -0.317 e. The average molecular weight is 470 g/mol. The predicted octanol–water partition coefficient (Wildman–Crippen LogP) is 4.62. The largest absolute Gasteiger partial charge is 0.436 e. The number of carbonyl (C=O) groups excluding carboxylic acids is 1. The van der Waals surface area contributed by atoms with Gasteiger partial charge in [-0.3, -0.25) is 14.2 Å². The Labute approximate surface area is 173 Å². The molecule has 0 aliphatic carbocycles. The third-order valence-electron chi connectivity index (χ3n) is 4.67. The van der Waals surface area contributed by atoms with Crippen LogP contribution in [0.1, 0.15) is 38.7 Å². The van der Waals surface area contributed by atoms with Crippen LogP contribution in [0.15, 0.2) is 28.7 Å². The normalized spacial score (nSPS) is 11.7. The predicted molar refractivity (Wildman–Crippen MR) is 106 cm³/mol. The highest BCUT2D eigenvalue weighted by Gasteiger charge is 2.39. The minimum absolute atomic E-state index is 0.220. The number of hydrogen-bond acceptors (Lipinski definition) is 3. The van der Waals surface area contributed by atoms with Crippen molar-refractivity contribution in [2.75, 3.05) is 5.32 Å². The summed E-state index contributed by atoms with van der Waals surface area (Å²) in [7, 11) is 1.29. The van der Waals surface area contributed by atoms with Crippen LogP contribution in [0.25, 0.3) is 0 Å². The zero-order chi connectivity index (χ0) is 21.5. The van der Waals surface area contributed by atoms with Crippen LogP contribution in [-0.4, -0.2) is 25.5 Å². The fourth-order valence-electron chi connectivity index (χ4n) is 3.08. The molecule has 154 valence electrons. The topological polar surface area (TPSA) is 64.7 Å². The van der Waals surface area contributed by atoms with Crippen molar-refractivity contribution in [1.29, 1.82) is 0 Å². The molecule has 1 aromatic carbocycles. The van der Waals surface area contributed by atoms with E-state index in [4.69, 9.17) is 0 Å². The molecule has 1 N–H and O–H groups in total. The standard InChI is InChI=1S/C19H19BrF3N5O/c1-10-7-5-6-8-13(10)9-28-12(3)15(11(2)25-28)24-18(29)16-14(20)17(19(21,22)23)26-27(16)4/h5-8H,9H2,1-4H3,(H,24,29). The van der Waals surface area contributed by atoms with Gasteiger partial charge in [0.1, 0.15) is 5.69 Å². The second-order valence-corrected chi connectivity index (χ2v) is 7.51. The monoisotopic (exact) mass is 469 g/mol. The Bertz CT molecular complexity index is 1080. The molecule has 29 heavy (non-hydrogen) atoms. The quantitative estimate of drug-likeness (QED) is 0.605. The van der Waals surface area contributed by atoms with Gasteiger partial charge in [0.15, 0.2) is 5.69 Å². The van der Waals surface area contributed by atoms with Crippen LogP contribution in [0.4, 0.5) is 18.9 Å². The molecule has 0 atom stereocenters. The fourth-order valence-corrected chi connectivity index (χ4v) is 3.82. The van der Waals surface area contributed by atoms with Crippen LogP contribution >= 0.6 is 15.9 Å². The van der Waals surface area contributed by atoms with E-state index in [-0.39, 0.29) is 5.69 Å². The molecular formula is C19H19BrF3N5O. The number of carbonyl (C=O) groups is 1. The average Bonchev–Trinajstić information content (AvgIpc) is 3.07. The van der Waals surface area contributed by atoms with Gasteiger partial charge in [-0.2, -0.15) is 23.4 Å². The molecule has 0 unspecified atom stereocenters.